The molecule has 0 bridgehead atoms. The maximum Gasteiger partial charge on any atom is 0.270 e. The summed E-state index contributed by atoms with van der Waals surface area (Å²) >= 11 is 0. The minimum absolute atomic E-state index is 0.00779. The zero-order valence-electron chi connectivity index (χ0n) is 14.3. The first-order valence-corrected chi connectivity index (χ1v) is 8.33. The van der Waals surface area contributed by atoms with Crippen molar-refractivity contribution in [2.24, 2.45) is 0 Å². The summed E-state index contributed by atoms with van der Waals surface area (Å²) in [6.07, 6.45) is 1.79. The Kier molecular flexibility index (Phi) is 4.97. The van der Waals surface area contributed by atoms with E-state index in [4.69, 9.17) is 0 Å². The van der Waals surface area contributed by atoms with Gasteiger partial charge in [-0.05, 0) is 30.0 Å². The average Bonchev–Trinajstić information content (AvgIpc) is 3.09. The number of fused-ring (bicyclic) bond motifs is 1. The van der Waals surface area contributed by atoms with E-state index in [9.17, 15) is 19.7 Å². The molecule has 0 aromatic heterocycles. The standard InChI is InChI=1S/C19H19N3O4/c1-21(17-10-9-13-5-2-3-8-16(13)17)18(23)12-20-19(24)14-6-4-7-15(11-14)22(25)26/h2-8,11,17H,9-10,12H2,1H3,(H,20,24). The topological polar surface area (TPSA) is 92.6 Å². The minimum Gasteiger partial charge on any atom is -0.343 e. The lowest BCUT2D eigenvalue weighted by atomic mass is 10.1. The fourth-order valence-electron chi connectivity index (χ4n) is 3.25. The summed E-state index contributed by atoms with van der Waals surface area (Å²) in [7, 11) is 1.73. The van der Waals surface area contributed by atoms with Crippen molar-refractivity contribution in [1.82, 2.24) is 10.2 Å². The van der Waals surface area contributed by atoms with Crippen LogP contribution in [0.2, 0.25) is 0 Å². The maximum atomic E-state index is 12.5. The fourth-order valence-corrected chi connectivity index (χ4v) is 3.25. The van der Waals surface area contributed by atoms with E-state index in [0.717, 1.165) is 18.4 Å². The second kappa shape index (κ2) is 7.35. The lowest BCUT2D eigenvalue weighted by Crippen LogP contribution is -2.39. The molecule has 2 aromatic carbocycles. The van der Waals surface area contributed by atoms with Crippen LogP contribution in [0, 0.1) is 10.1 Å². The predicted molar refractivity (Wildman–Crippen MR) is 95.7 cm³/mol. The predicted octanol–water partition coefficient (Wildman–Crippen LogP) is 2.47. The number of hydrogen-bond donors (Lipinski definition) is 1. The molecule has 0 spiro atoms. The molecule has 1 N–H and O–H groups in total. The zero-order valence-corrected chi connectivity index (χ0v) is 14.3. The Morgan fingerprint density at radius 2 is 2.00 bits per heavy atom. The summed E-state index contributed by atoms with van der Waals surface area (Å²) < 4.78 is 0. The smallest absolute Gasteiger partial charge is 0.270 e. The van der Waals surface area contributed by atoms with Crippen LogP contribution in [0.4, 0.5) is 5.69 Å². The number of aryl methyl sites for hydroxylation is 1. The van der Waals surface area contributed by atoms with Gasteiger partial charge in [-0.1, -0.05) is 30.3 Å². The Hall–Kier alpha value is -3.22. The van der Waals surface area contributed by atoms with Crippen LogP contribution in [0.15, 0.2) is 48.5 Å². The molecule has 3 rings (SSSR count). The summed E-state index contributed by atoms with van der Waals surface area (Å²) in [5, 5.41) is 13.3. The molecule has 7 nitrogen and oxygen atoms in total. The van der Waals surface area contributed by atoms with Crippen molar-refractivity contribution < 1.29 is 14.5 Å². The van der Waals surface area contributed by atoms with E-state index < -0.39 is 10.8 Å². The second-order valence-electron chi connectivity index (χ2n) is 6.25. The van der Waals surface area contributed by atoms with E-state index in [2.05, 4.69) is 11.4 Å². The molecule has 1 aliphatic rings. The van der Waals surface area contributed by atoms with Gasteiger partial charge < -0.3 is 10.2 Å². The normalized spacial score (nSPS) is 15.2. The van der Waals surface area contributed by atoms with Crippen LogP contribution in [0.5, 0.6) is 0 Å². The first-order valence-electron chi connectivity index (χ1n) is 8.33. The number of hydrogen-bond acceptors (Lipinski definition) is 4. The highest BCUT2D eigenvalue weighted by atomic mass is 16.6. The number of nitrogens with one attached hydrogen (secondary N) is 1. The van der Waals surface area contributed by atoms with E-state index in [1.165, 1.54) is 29.8 Å². The molecule has 1 unspecified atom stereocenters. The number of non-ortho nitro benzene ring substituents is 1. The van der Waals surface area contributed by atoms with Gasteiger partial charge in [-0.15, -0.1) is 0 Å². The van der Waals surface area contributed by atoms with Gasteiger partial charge in [-0.3, -0.25) is 19.7 Å². The lowest BCUT2D eigenvalue weighted by Gasteiger charge is -2.25. The van der Waals surface area contributed by atoms with Crippen molar-refractivity contribution in [3.63, 3.8) is 0 Å². The van der Waals surface area contributed by atoms with Crippen LogP contribution in [-0.2, 0) is 11.2 Å². The summed E-state index contributed by atoms with van der Waals surface area (Å²) in [5.41, 5.74) is 2.38. The number of carbonyl (C=O) groups is 2. The Labute approximate surface area is 150 Å². The molecule has 1 atom stereocenters. The highest BCUT2D eigenvalue weighted by molar-refractivity contribution is 5.97. The molecular weight excluding hydrogens is 334 g/mol. The number of nitro benzene ring substituents is 1. The number of carbonyl (C=O) groups excluding carboxylic acids is 2. The van der Waals surface area contributed by atoms with E-state index in [0.29, 0.717) is 0 Å². The van der Waals surface area contributed by atoms with Gasteiger partial charge in [0.1, 0.15) is 0 Å². The molecule has 0 saturated carbocycles. The maximum absolute atomic E-state index is 12.5. The minimum atomic E-state index is -0.562. The molecule has 0 aliphatic heterocycles. The first-order chi connectivity index (χ1) is 12.5. The van der Waals surface area contributed by atoms with Crippen molar-refractivity contribution in [3.8, 4) is 0 Å². The molecule has 26 heavy (non-hydrogen) atoms. The number of likely N-dealkylation sites (N-methyl/N-ethyl adjacent to an activating group) is 1. The first kappa shape index (κ1) is 17.6. The van der Waals surface area contributed by atoms with Gasteiger partial charge in [0.05, 0.1) is 17.5 Å². The van der Waals surface area contributed by atoms with E-state index in [1.807, 2.05) is 18.2 Å². The molecular formula is C19H19N3O4. The van der Waals surface area contributed by atoms with Crippen molar-refractivity contribution in [2.75, 3.05) is 13.6 Å². The Morgan fingerprint density at radius 1 is 1.23 bits per heavy atom. The molecule has 7 heteroatoms. The third-order valence-corrected chi connectivity index (χ3v) is 4.68. The number of nitrogens with zero attached hydrogens (tertiary/aromatic N) is 2. The van der Waals surface area contributed by atoms with Crippen LogP contribution in [0.1, 0.15) is 33.9 Å². The highest BCUT2D eigenvalue weighted by Gasteiger charge is 2.28. The summed E-state index contributed by atoms with van der Waals surface area (Å²) in [6, 6.07) is 13.5. The van der Waals surface area contributed by atoms with Crippen molar-refractivity contribution in [3.05, 3.63) is 75.3 Å². The monoisotopic (exact) mass is 353 g/mol. The van der Waals surface area contributed by atoms with Gasteiger partial charge in [-0.2, -0.15) is 0 Å². The van der Waals surface area contributed by atoms with Gasteiger partial charge in [0.25, 0.3) is 11.6 Å². The van der Waals surface area contributed by atoms with Crippen LogP contribution < -0.4 is 5.32 Å². The van der Waals surface area contributed by atoms with Gasteiger partial charge in [0, 0.05) is 24.7 Å². The van der Waals surface area contributed by atoms with Gasteiger partial charge in [-0.25, -0.2) is 0 Å². The lowest BCUT2D eigenvalue weighted by molar-refractivity contribution is -0.384. The third kappa shape index (κ3) is 3.56. The zero-order chi connectivity index (χ0) is 18.7. The molecule has 2 amide bonds. The molecule has 0 heterocycles. The summed E-state index contributed by atoms with van der Waals surface area (Å²) in [5.74, 6) is -0.715. The highest BCUT2D eigenvalue weighted by Crippen LogP contribution is 2.34. The Balaban J connectivity index is 1.61. The van der Waals surface area contributed by atoms with Crippen molar-refractivity contribution >= 4 is 17.5 Å². The number of rotatable bonds is 5. The van der Waals surface area contributed by atoms with Gasteiger partial charge in [0.15, 0.2) is 0 Å². The summed E-state index contributed by atoms with van der Waals surface area (Å²) in [4.78, 5) is 36.5. The molecule has 0 radical (unpaired) electrons. The van der Waals surface area contributed by atoms with Gasteiger partial charge >= 0.3 is 0 Å². The molecule has 1 aliphatic carbocycles. The molecule has 0 fully saturated rings. The fraction of sp³-hybridized carbons (Fsp3) is 0.263. The van der Waals surface area contributed by atoms with E-state index >= 15 is 0 Å². The average molecular weight is 353 g/mol. The summed E-state index contributed by atoms with van der Waals surface area (Å²) in [6.45, 7) is -0.156. The molecule has 0 saturated heterocycles. The van der Waals surface area contributed by atoms with Crippen LogP contribution in [-0.4, -0.2) is 35.2 Å². The number of benzene rings is 2. The third-order valence-electron chi connectivity index (χ3n) is 4.68. The Morgan fingerprint density at radius 3 is 2.77 bits per heavy atom. The quantitative estimate of drug-likeness (QED) is 0.660. The Bertz CT molecular complexity index is 865. The van der Waals surface area contributed by atoms with Crippen molar-refractivity contribution in [2.45, 2.75) is 18.9 Å². The molecule has 2 aromatic rings. The van der Waals surface area contributed by atoms with E-state index in [1.54, 1.807) is 11.9 Å². The second-order valence-corrected chi connectivity index (χ2v) is 6.25. The largest absolute Gasteiger partial charge is 0.343 e. The van der Waals surface area contributed by atoms with Crippen LogP contribution >= 0.6 is 0 Å². The SMILES string of the molecule is CN(C(=O)CNC(=O)c1cccc([N+](=O)[O-])c1)C1CCc2ccccc21. The van der Waals surface area contributed by atoms with Gasteiger partial charge in [0.2, 0.25) is 5.91 Å². The number of amides is 2. The van der Waals surface area contributed by atoms with Crippen LogP contribution in [0.25, 0.3) is 0 Å². The number of nitro groups is 1. The molecule has 134 valence electrons. The van der Waals surface area contributed by atoms with Crippen molar-refractivity contribution in [1.29, 1.82) is 0 Å². The van der Waals surface area contributed by atoms with E-state index in [-0.39, 0.29) is 29.7 Å². The van der Waals surface area contributed by atoms with Crippen LogP contribution in [0.3, 0.4) is 0 Å².